The van der Waals surface area contributed by atoms with Gasteiger partial charge in [-0.1, -0.05) is 32.1 Å². The van der Waals surface area contributed by atoms with Gasteiger partial charge in [0.15, 0.2) is 5.65 Å². The number of rotatable bonds is 7. The van der Waals surface area contributed by atoms with Crippen LogP contribution in [0.4, 0.5) is 5.69 Å². The Bertz CT molecular complexity index is 1700. The van der Waals surface area contributed by atoms with Crippen molar-refractivity contribution in [2.75, 3.05) is 5.32 Å². The van der Waals surface area contributed by atoms with Gasteiger partial charge in [-0.15, -0.1) is 0 Å². The van der Waals surface area contributed by atoms with Crippen LogP contribution in [0.3, 0.4) is 0 Å². The SMILES string of the molecule is C=C(CCC)Nc1cncc(-c2cnc3n[nH]c(-c4cc5c(-c6ccncc6)cccc5[nH]4)c3c2)c1. The molecule has 0 saturated carbocycles. The molecule has 1 aromatic carbocycles. The molecule has 176 valence electrons. The number of hydrogen-bond acceptors (Lipinski definition) is 5. The molecule has 0 fully saturated rings. The number of aromatic nitrogens is 6. The summed E-state index contributed by atoms with van der Waals surface area (Å²) in [5.74, 6) is 0. The standard InChI is InChI=1S/C29H25N7/c1-3-5-18(2)33-22-12-20(15-31-17-22)21-13-25-28(35-36-29(25)32-16-21)27-14-24-23(6-4-7-26(24)34-27)19-8-10-30-11-9-19/h4,6-17,33-34H,2-3,5H2,1H3,(H,32,35,36). The van der Waals surface area contributed by atoms with E-state index in [0.29, 0.717) is 5.65 Å². The Morgan fingerprint density at radius 3 is 2.64 bits per heavy atom. The number of nitrogens with zero attached hydrogens (tertiary/aromatic N) is 4. The van der Waals surface area contributed by atoms with Crippen LogP contribution in [-0.2, 0) is 0 Å². The van der Waals surface area contributed by atoms with E-state index in [4.69, 9.17) is 0 Å². The van der Waals surface area contributed by atoms with Crippen molar-refractivity contribution in [1.82, 2.24) is 30.1 Å². The number of benzene rings is 1. The van der Waals surface area contributed by atoms with Gasteiger partial charge in [0.25, 0.3) is 0 Å². The normalized spacial score (nSPS) is 11.2. The smallest absolute Gasteiger partial charge is 0.181 e. The average molecular weight is 472 g/mol. The summed E-state index contributed by atoms with van der Waals surface area (Å²) in [6.45, 7) is 6.23. The van der Waals surface area contributed by atoms with Gasteiger partial charge in [-0.25, -0.2) is 4.98 Å². The third kappa shape index (κ3) is 4.01. The first-order valence-corrected chi connectivity index (χ1v) is 12.0. The van der Waals surface area contributed by atoms with Crippen LogP contribution < -0.4 is 5.32 Å². The van der Waals surface area contributed by atoms with E-state index in [2.05, 4.69) is 85.4 Å². The third-order valence-electron chi connectivity index (χ3n) is 6.28. The first-order chi connectivity index (χ1) is 17.7. The predicted octanol–water partition coefficient (Wildman–Crippen LogP) is 6.96. The van der Waals surface area contributed by atoms with Crippen LogP contribution in [0.5, 0.6) is 0 Å². The highest BCUT2D eigenvalue weighted by molar-refractivity contribution is 6.01. The third-order valence-corrected chi connectivity index (χ3v) is 6.28. The minimum atomic E-state index is 0.667. The summed E-state index contributed by atoms with van der Waals surface area (Å²) in [6, 6.07) is 16.7. The lowest BCUT2D eigenvalue weighted by molar-refractivity contribution is 0.913. The number of hydrogen-bond donors (Lipinski definition) is 3. The van der Waals surface area contributed by atoms with Crippen molar-refractivity contribution >= 4 is 27.6 Å². The van der Waals surface area contributed by atoms with Gasteiger partial charge in [-0.3, -0.25) is 15.1 Å². The lowest BCUT2D eigenvalue weighted by Gasteiger charge is -2.09. The van der Waals surface area contributed by atoms with Gasteiger partial charge in [-0.05, 0) is 53.9 Å². The molecule has 36 heavy (non-hydrogen) atoms. The molecule has 0 bridgehead atoms. The topological polar surface area (TPSA) is 95.2 Å². The Kier molecular flexibility index (Phi) is 5.50. The largest absolute Gasteiger partial charge is 0.358 e. The maximum absolute atomic E-state index is 4.61. The number of pyridine rings is 3. The number of nitrogens with one attached hydrogen (secondary N) is 3. The van der Waals surface area contributed by atoms with E-state index in [-0.39, 0.29) is 0 Å². The van der Waals surface area contributed by atoms with Crippen molar-refractivity contribution in [3.63, 3.8) is 0 Å². The van der Waals surface area contributed by atoms with Crippen molar-refractivity contribution in [3.05, 3.63) is 91.8 Å². The van der Waals surface area contributed by atoms with Gasteiger partial charge in [0, 0.05) is 57.9 Å². The fourth-order valence-corrected chi connectivity index (χ4v) is 4.57. The predicted molar refractivity (Wildman–Crippen MR) is 145 cm³/mol. The first kappa shape index (κ1) is 21.7. The Labute approximate surface area is 208 Å². The second kappa shape index (κ2) is 9.11. The molecule has 6 aromatic rings. The zero-order valence-corrected chi connectivity index (χ0v) is 19.9. The van der Waals surface area contributed by atoms with Crippen LogP contribution in [0, 0.1) is 0 Å². The lowest BCUT2D eigenvalue weighted by atomic mass is 10.0. The number of anilines is 1. The number of fused-ring (bicyclic) bond motifs is 2. The quantitative estimate of drug-likeness (QED) is 0.234. The molecule has 0 saturated heterocycles. The number of H-pyrrole nitrogens is 2. The summed E-state index contributed by atoms with van der Waals surface area (Å²) in [5.41, 5.74) is 9.69. The van der Waals surface area contributed by atoms with Crippen molar-refractivity contribution in [1.29, 1.82) is 0 Å². The molecule has 0 aliphatic heterocycles. The van der Waals surface area contributed by atoms with E-state index >= 15 is 0 Å². The van der Waals surface area contributed by atoms with Crippen LogP contribution in [0.25, 0.3) is 55.6 Å². The summed E-state index contributed by atoms with van der Waals surface area (Å²) < 4.78 is 0. The van der Waals surface area contributed by atoms with Gasteiger partial charge in [0.05, 0.1) is 23.3 Å². The second-order valence-corrected chi connectivity index (χ2v) is 8.82. The van der Waals surface area contributed by atoms with E-state index in [1.807, 2.05) is 43.1 Å². The van der Waals surface area contributed by atoms with Crippen LogP contribution in [-0.4, -0.2) is 30.1 Å². The first-order valence-electron chi connectivity index (χ1n) is 12.0. The molecule has 0 aliphatic rings. The van der Waals surface area contributed by atoms with E-state index in [1.165, 1.54) is 0 Å². The molecule has 0 amide bonds. The molecular weight excluding hydrogens is 446 g/mol. The molecule has 7 nitrogen and oxygen atoms in total. The van der Waals surface area contributed by atoms with E-state index < -0.39 is 0 Å². The molecule has 0 aliphatic carbocycles. The molecular formula is C29H25N7. The summed E-state index contributed by atoms with van der Waals surface area (Å²) in [4.78, 5) is 16.7. The molecule has 0 radical (unpaired) electrons. The van der Waals surface area contributed by atoms with Crippen LogP contribution in [0.2, 0.25) is 0 Å². The molecule has 0 unspecified atom stereocenters. The average Bonchev–Trinajstić information content (AvgIpc) is 3.53. The van der Waals surface area contributed by atoms with Gasteiger partial charge in [0.1, 0.15) is 0 Å². The van der Waals surface area contributed by atoms with Crippen molar-refractivity contribution in [2.24, 2.45) is 0 Å². The van der Waals surface area contributed by atoms with Crippen LogP contribution in [0.15, 0.2) is 91.8 Å². The van der Waals surface area contributed by atoms with Gasteiger partial charge in [-0.2, -0.15) is 5.10 Å². The maximum Gasteiger partial charge on any atom is 0.181 e. The van der Waals surface area contributed by atoms with Gasteiger partial charge in [0.2, 0.25) is 0 Å². The van der Waals surface area contributed by atoms with Crippen LogP contribution in [0.1, 0.15) is 19.8 Å². The molecule has 5 aromatic heterocycles. The molecule has 0 atom stereocenters. The lowest BCUT2D eigenvalue weighted by Crippen LogP contribution is -1.98. The second-order valence-electron chi connectivity index (χ2n) is 8.82. The molecule has 5 heterocycles. The molecule has 0 spiro atoms. The zero-order valence-electron chi connectivity index (χ0n) is 19.9. The van der Waals surface area contributed by atoms with Crippen molar-refractivity contribution in [3.8, 4) is 33.6 Å². The summed E-state index contributed by atoms with van der Waals surface area (Å²) in [5, 5.41) is 13.1. The molecule has 7 heteroatoms. The highest BCUT2D eigenvalue weighted by Gasteiger charge is 2.15. The Balaban J connectivity index is 1.40. The van der Waals surface area contributed by atoms with Crippen LogP contribution >= 0.6 is 0 Å². The maximum atomic E-state index is 4.61. The molecule has 3 N–H and O–H groups in total. The minimum Gasteiger partial charge on any atom is -0.358 e. The van der Waals surface area contributed by atoms with Crippen molar-refractivity contribution in [2.45, 2.75) is 19.8 Å². The van der Waals surface area contributed by atoms with E-state index in [9.17, 15) is 0 Å². The summed E-state index contributed by atoms with van der Waals surface area (Å²) >= 11 is 0. The Morgan fingerprint density at radius 2 is 1.78 bits per heavy atom. The van der Waals surface area contributed by atoms with Crippen molar-refractivity contribution < 1.29 is 0 Å². The van der Waals surface area contributed by atoms with Gasteiger partial charge < -0.3 is 10.3 Å². The molecule has 6 rings (SSSR count). The highest BCUT2D eigenvalue weighted by Crippen LogP contribution is 2.34. The monoisotopic (exact) mass is 471 g/mol. The fourth-order valence-electron chi connectivity index (χ4n) is 4.57. The Morgan fingerprint density at radius 1 is 0.917 bits per heavy atom. The minimum absolute atomic E-state index is 0.667. The summed E-state index contributed by atoms with van der Waals surface area (Å²) in [7, 11) is 0. The number of aromatic amines is 2. The van der Waals surface area contributed by atoms with E-state index in [1.54, 1.807) is 0 Å². The highest BCUT2D eigenvalue weighted by atomic mass is 15.2. The fraction of sp³-hybridized carbons (Fsp3) is 0.103. The summed E-state index contributed by atoms with van der Waals surface area (Å²) in [6.07, 6.45) is 11.1. The van der Waals surface area contributed by atoms with E-state index in [0.717, 1.165) is 74.2 Å². The van der Waals surface area contributed by atoms with Gasteiger partial charge >= 0.3 is 0 Å². The zero-order chi connectivity index (χ0) is 24.5. The Hall–Kier alpha value is -4.78. The number of allylic oxidation sites excluding steroid dienone is 1.